The zero-order chi connectivity index (χ0) is 32.1. The fourth-order valence-electron chi connectivity index (χ4n) is 4.31. The van der Waals surface area contributed by atoms with Crippen LogP contribution in [0.3, 0.4) is 0 Å². The van der Waals surface area contributed by atoms with Crippen molar-refractivity contribution in [1.29, 1.82) is 0 Å². The third-order valence-electron chi connectivity index (χ3n) is 6.52. The van der Waals surface area contributed by atoms with E-state index < -0.39 is 23.4 Å². The highest BCUT2D eigenvalue weighted by atomic mass is 19.1. The van der Waals surface area contributed by atoms with Crippen molar-refractivity contribution < 1.29 is 37.3 Å². The molecular formula is C33H40F3N3O5. The molecule has 44 heavy (non-hydrogen) atoms. The average Bonchev–Trinajstić information content (AvgIpc) is 2.98. The van der Waals surface area contributed by atoms with E-state index >= 15 is 0 Å². The molecule has 3 aromatic rings. The number of aliphatic hydroxyl groups excluding tert-OH is 1. The number of hydrogen-bond donors (Lipinski definition) is 4. The molecule has 4 rings (SSSR count). The summed E-state index contributed by atoms with van der Waals surface area (Å²) in [5, 5.41) is 17.3. The molecule has 1 aliphatic heterocycles. The fraction of sp³-hybridized carbons (Fsp3) is 0.394. The van der Waals surface area contributed by atoms with E-state index in [0.717, 1.165) is 11.1 Å². The van der Waals surface area contributed by atoms with Crippen LogP contribution in [-0.2, 0) is 27.1 Å². The van der Waals surface area contributed by atoms with E-state index in [0.29, 0.717) is 43.7 Å². The molecule has 0 unspecified atom stereocenters. The summed E-state index contributed by atoms with van der Waals surface area (Å²) in [5.41, 5.74) is 2.11. The van der Waals surface area contributed by atoms with Gasteiger partial charge in [-0.1, -0.05) is 30.3 Å². The van der Waals surface area contributed by atoms with Crippen LogP contribution in [0.25, 0.3) is 0 Å². The zero-order valence-corrected chi connectivity index (χ0v) is 25.2. The molecule has 1 saturated heterocycles. The first-order valence-electron chi connectivity index (χ1n) is 14.4. The Kier molecular flexibility index (Phi) is 13.2. The molecule has 0 bridgehead atoms. The van der Waals surface area contributed by atoms with E-state index in [4.69, 9.17) is 14.6 Å². The Bertz CT molecular complexity index is 1300. The average molecular weight is 616 g/mol. The molecule has 0 spiro atoms. The van der Waals surface area contributed by atoms with Crippen LogP contribution in [0, 0.1) is 17.5 Å². The Balaban J connectivity index is 0.000000293. The number of aliphatic hydroxyl groups is 1. The van der Waals surface area contributed by atoms with Crippen molar-refractivity contribution in [2.45, 2.75) is 57.8 Å². The Morgan fingerprint density at radius 1 is 0.977 bits per heavy atom. The number of benzene rings is 3. The number of alkyl carbamates (subject to hydrolysis) is 1. The molecule has 1 aliphatic rings. The van der Waals surface area contributed by atoms with Crippen molar-refractivity contribution in [1.82, 2.24) is 10.6 Å². The summed E-state index contributed by atoms with van der Waals surface area (Å²) in [5.74, 6) is -1.38. The van der Waals surface area contributed by atoms with Crippen LogP contribution in [0.5, 0.6) is 0 Å². The molecule has 2 atom stereocenters. The van der Waals surface area contributed by atoms with Crippen molar-refractivity contribution in [3.8, 4) is 0 Å². The number of carbonyl (C=O) groups excluding carboxylic acids is 2. The molecule has 1 heterocycles. The summed E-state index contributed by atoms with van der Waals surface area (Å²) >= 11 is 0. The standard InChI is InChI=1S/C20H30FN3O5.C13H10F2/c1-20(2,3)29-19(27)23-10-18(26)24-17-6-4-5-16(21)15(17)8-7-14-9-22-13(11-25)12-28-14;14-12-5-1-10(2-6-12)9-11-3-7-13(15)8-4-11/h4-6,13-14,22,25H,7-12H2,1-3H3,(H,23,27)(H,24,26);1-8H,9H2/t13-,14-;/m1./s1. The van der Waals surface area contributed by atoms with Gasteiger partial charge in [0, 0.05) is 17.8 Å². The third kappa shape index (κ3) is 12.4. The summed E-state index contributed by atoms with van der Waals surface area (Å²) in [6.07, 6.45) is 0.828. The monoisotopic (exact) mass is 615 g/mol. The van der Waals surface area contributed by atoms with Crippen LogP contribution in [0.1, 0.15) is 43.9 Å². The number of amides is 2. The van der Waals surface area contributed by atoms with Crippen LogP contribution in [-0.4, -0.2) is 61.2 Å². The van der Waals surface area contributed by atoms with Gasteiger partial charge in [-0.2, -0.15) is 0 Å². The van der Waals surface area contributed by atoms with Gasteiger partial charge in [0.25, 0.3) is 0 Å². The summed E-state index contributed by atoms with van der Waals surface area (Å²) in [7, 11) is 0. The van der Waals surface area contributed by atoms with Gasteiger partial charge in [0.15, 0.2) is 0 Å². The maximum atomic E-state index is 14.3. The van der Waals surface area contributed by atoms with Gasteiger partial charge in [-0.25, -0.2) is 18.0 Å². The molecule has 3 aromatic carbocycles. The van der Waals surface area contributed by atoms with Gasteiger partial charge in [-0.15, -0.1) is 0 Å². The highest BCUT2D eigenvalue weighted by molar-refractivity contribution is 5.94. The second-order valence-corrected chi connectivity index (χ2v) is 11.4. The normalized spacial score (nSPS) is 16.3. The minimum atomic E-state index is -0.699. The number of carbonyl (C=O) groups is 2. The summed E-state index contributed by atoms with van der Waals surface area (Å²) in [4.78, 5) is 23.8. The van der Waals surface area contributed by atoms with Gasteiger partial charge >= 0.3 is 6.09 Å². The van der Waals surface area contributed by atoms with E-state index in [1.54, 1.807) is 51.1 Å². The third-order valence-corrected chi connectivity index (χ3v) is 6.52. The van der Waals surface area contributed by atoms with Gasteiger partial charge in [0.1, 0.15) is 29.6 Å². The SMILES string of the molecule is CC(C)(C)OC(=O)NCC(=O)Nc1cccc(F)c1CC[C@@H]1CN[C@H](CO)CO1.Fc1ccc(Cc2ccc(F)cc2)cc1. The quantitative estimate of drug-likeness (QED) is 0.266. The number of halogens is 3. The van der Waals surface area contributed by atoms with E-state index in [1.165, 1.54) is 36.4 Å². The molecule has 2 amide bonds. The van der Waals surface area contributed by atoms with Crippen LogP contribution >= 0.6 is 0 Å². The van der Waals surface area contributed by atoms with Crippen molar-refractivity contribution in [3.05, 3.63) is 101 Å². The van der Waals surface area contributed by atoms with E-state index in [-0.39, 0.29) is 36.9 Å². The topological polar surface area (TPSA) is 109 Å². The molecular weight excluding hydrogens is 575 g/mol. The number of anilines is 1. The minimum Gasteiger partial charge on any atom is -0.444 e. The van der Waals surface area contributed by atoms with Crippen molar-refractivity contribution in [3.63, 3.8) is 0 Å². The van der Waals surface area contributed by atoms with Crippen LogP contribution in [0.4, 0.5) is 23.7 Å². The molecule has 1 fully saturated rings. The van der Waals surface area contributed by atoms with Crippen LogP contribution in [0.15, 0.2) is 66.7 Å². The Labute approximate surface area is 256 Å². The Morgan fingerprint density at radius 3 is 2.11 bits per heavy atom. The van der Waals surface area contributed by atoms with Crippen LogP contribution < -0.4 is 16.0 Å². The molecule has 8 nitrogen and oxygen atoms in total. The first-order valence-corrected chi connectivity index (χ1v) is 14.4. The number of ether oxygens (including phenoxy) is 2. The Morgan fingerprint density at radius 2 is 1.59 bits per heavy atom. The van der Waals surface area contributed by atoms with Crippen molar-refractivity contribution in [2.24, 2.45) is 0 Å². The van der Waals surface area contributed by atoms with E-state index in [1.807, 2.05) is 0 Å². The van der Waals surface area contributed by atoms with Gasteiger partial charge in [0.2, 0.25) is 5.91 Å². The Hall–Kier alpha value is -3.93. The molecule has 0 radical (unpaired) electrons. The number of nitrogens with one attached hydrogen (secondary N) is 3. The minimum absolute atomic E-state index is 0.00748. The molecule has 0 saturated carbocycles. The predicted octanol–water partition coefficient (Wildman–Crippen LogP) is 5.13. The summed E-state index contributed by atoms with van der Waals surface area (Å²) in [6, 6.07) is 17.0. The summed E-state index contributed by atoms with van der Waals surface area (Å²) in [6.45, 7) is 5.86. The number of rotatable bonds is 9. The molecule has 4 N–H and O–H groups in total. The second-order valence-electron chi connectivity index (χ2n) is 11.4. The number of hydrogen-bond acceptors (Lipinski definition) is 6. The fourth-order valence-corrected chi connectivity index (χ4v) is 4.31. The van der Waals surface area contributed by atoms with Gasteiger partial charge < -0.3 is 30.5 Å². The largest absolute Gasteiger partial charge is 0.444 e. The van der Waals surface area contributed by atoms with Crippen LogP contribution in [0.2, 0.25) is 0 Å². The molecule has 0 aromatic heterocycles. The van der Waals surface area contributed by atoms with Crippen molar-refractivity contribution >= 4 is 17.7 Å². The zero-order valence-electron chi connectivity index (χ0n) is 25.2. The lowest BCUT2D eigenvalue weighted by Crippen LogP contribution is -2.48. The second kappa shape index (κ2) is 16.8. The first-order chi connectivity index (χ1) is 20.9. The van der Waals surface area contributed by atoms with Crippen molar-refractivity contribution in [2.75, 3.05) is 31.6 Å². The first kappa shape index (κ1) is 34.6. The molecule has 238 valence electrons. The lowest BCUT2D eigenvalue weighted by Gasteiger charge is -2.29. The maximum absolute atomic E-state index is 14.3. The van der Waals surface area contributed by atoms with E-state index in [2.05, 4.69) is 16.0 Å². The number of morpholine rings is 1. The highest BCUT2D eigenvalue weighted by Crippen LogP contribution is 2.22. The lowest BCUT2D eigenvalue weighted by molar-refractivity contribution is -0.115. The summed E-state index contributed by atoms with van der Waals surface area (Å²) < 4.78 is 50.4. The highest BCUT2D eigenvalue weighted by Gasteiger charge is 2.22. The smallest absolute Gasteiger partial charge is 0.408 e. The lowest BCUT2D eigenvalue weighted by atomic mass is 10.0. The molecule has 11 heteroatoms. The van der Waals surface area contributed by atoms with E-state index in [9.17, 15) is 22.8 Å². The van der Waals surface area contributed by atoms with Gasteiger partial charge in [0.05, 0.1) is 25.4 Å². The maximum Gasteiger partial charge on any atom is 0.408 e. The molecule has 0 aliphatic carbocycles. The van der Waals surface area contributed by atoms with Gasteiger partial charge in [-0.3, -0.25) is 4.79 Å². The predicted molar refractivity (Wildman–Crippen MR) is 162 cm³/mol. The van der Waals surface area contributed by atoms with Gasteiger partial charge in [-0.05, 0) is 87.6 Å².